The fourth-order valence-corrected chi connectivity index (χ4v) is 2.47. The summed E-state index contributed by atoms with van der Waals surface area (Å²) in [4.78, 5) is 2.19. The van der Waals surface area contributed by atoms with Gasteiger partial charge in [-0.3, -0.25) is 4.68 Å². The minimum absolute atomic E-state index is 0.184. The lowest BCUT2D eigenvalue weighted by Crippen LogP contribution is -2.43. The average molecular weight is 224 g/mol. The molecule has 1 aliphatic heterocycles. The number of nitrogen functional groups attached to an aromatic ring is 1. The number of aliphatic hydroxyl groups excluding tert-OH is 1. The van der Waals surface area contributed by atoms with Crippen molar-refractivity contribution >= 4 is 11.5 Å². The van der Waals surface area contributed by atoms with E-state index in [-0.39, 0.29) is 12.6 Å². The van der Waals surface area contributed by atoms with Crippen LogP contribution in [0.15, 0.2) is 0 Å². The first-order valence-electron chi connectivity index (χ1n) is 5.81. The summed E-state index contributed by atoms with van der Waals surface area (Å²) in [5.41, 5.74) is 7.64. The molecule has 1 saturated heterocycles. The SMILES string of the molecule is Cc1nn(C)c(N2CCCCC2CO)c1N. The fourth-order valence-electron chi connectivity index (χ4n) is 2.47. The van der Waals surface area contributed by atoms with Gasteiger partial charge in [-0.25, -0.2) is 0 Å². The molecule has 0 radical (unpaired) electrons. The zero-order valence-corrected chi connectivity index (χ0v) is 9.98. The van der Waals surface area contributed by atoms with Gasteiger partial charge in [-0.15, -0.1) is 0 Å². The van der Waals surface area contributed by atoms with E-state index in [9.17, 15) is 5.11 Å². The van der Waals surface area contributed by atoms with E-state index in [0.717, 1.165) is 36.6 Å². The molecule has 2 rings (SSSR count). The van der Waals surface area contributed by atoms with Crippen LogP contribution in [0.1, 0.15) is 25.0 Å². The monoisotopic (exact) mass is 224 g/mol. The maximum Gasteiger partial charge on any atom is 0.150 e. The second-order valence-corrected chi connectivity index (χ2v) is 4.47. The topological polar surface area (TPSA) is 67.3 Å². The Bertz CT molecular complexity index is 374. The zero-order chi connectivity index (χ0) is 11.7. The summed E-state index contributed by atoms with van der Waals surface area (Å²) in [7, 11) is 1.90. The molecule has 1 unspecified atom stereocenters. The molecule has 0 aliphatic carbocycles. The van der Waals surface area contributed by atoms with Crippen LogP contribution in [-0.4, -0.2) is 34.1 Å². The van der Waals surface area contributed by atoms with Crippen LogP contribution < -0.4 is 10.6 Å². The third-order valence-corrected chi connectivity index (χ3v) is 3.35. The first kappa shape index (κ1) is 11.3. The molecule has 0 spiro atoms. The van der Waals surface area contributed by atoms with E-state index in [2.05, 4.69) is 10.00 Å². The molecular formula is C11H20N4O. The maximum atomic E-state index is 9.40. The molecule has 1 fully saturated rings. The number of nitrogens with zero attached hydrogens (tertiary/aromatic N) is 3. The van der Waals surface area contributed by atoms with Gasteiger partial charge in [0.25, 0.3) is 0 Å². The standard InChI is InChI=1S/C11H20N4O/c1-8-10(12)11(14(2)13-8)15-6-4-3-5-9(15)7-16/h9,16H,3-7,12H2,1-2H3. The predicted molar refractivity (Wildman–Crippen MR) is 64.4 cm³/mol. The van der Waals surface area contributed by atoms with Crippen LogP contribution >= 0.6 is 0 Å². The Balaban J connectivity index is 2.34. The molecule has 2 heterocycles. The van der Waals surface area contributed by atoms with Gasteiger partial charge in [-0.2, -0.15) is 5.10 Å². The molecular weight excluding hydrogens is 204 g/mol. The Kier molecular flexibility index (Phi) is 3.05. The van der Waals surface area contributed by atoms with Crippen LogP contribution in [0.2, 0.25) is 0 Å². The van der Waals surface area contributed by atoms with Crippen LogP contribution in [0.4, 0.5) is 11.5 Å². The number of rotatable bonds is 2. The van der Waals surface area contributed by atoms with E-state index in [0.29, 0.717) is 0 Å². The first-order chi connectivity index (χ1) is 7.65. The maximum absolute atomic E-state index is 9.40. The Morgan fingerprint density at radius 3 is 2.81 bits per heavy atom. The highest BCUT2D eigenvalue weighted by atomic mass is 16.3. The molecule has 0 saturated carbocycles. The number of hydrogen-bond acceptors (Lipinski definition) is 4. The highest BCUT2D eigenvalue weighted by Crippen LogP contribution is 2.30. The van der Waals surface area contributed by atoms with Crippen molar-refractivity contribution in [1.82, 2.24) is 9.78 Å². The van der Waals surface area contributed by atoms with E-state index in [1.165, 1.54) is 6.42 Å². The predicted octanol–water partition coefficient (Wildman–Crippen LogP) is 0.662. The molecule has 1 aromatic heterocycles. The molecule has 1 aliphatic rings. The summed E-state index contributed by atoms with van der Waals surface area (Å²) in [6, 6.07) is 0.186. The first-order valence-corrected chi connectivity index (χ1v) is 5.81. The van der Waals surface area contributed by atoms with Gasteiger partial charge in [0.05, 0.1) is 24.0 Å². The van der Waals surface area contributed by atoms with E-state index >= 15 is 0 Å². The lowest BCUT2D eigenvalue weighted by atomic mass is 10.0. The Labute approximate surface area is 95.8 Å². The van der Waals surface area contributed by atoms with Crippen molar-refractivity contribution in [3.63, 3.8) is 0 Å². The van der Waals surface area contributed by atoms with Crippen LogP contribution in [0.3, 0.4) is 0 Å². The minimum atomic E-state index is 0.184. The fraction of sp³-hybridized carbons (Fsp3) is 0.727. The molecule has 0 amide bonds. The highest BCUT2D eigenvalue weighted by molar-refractivity contribution is 5.66. The Morgan fingerprint density at radius 2 is 2.25 bits per heavy atom. The van der Waals surface area contributed by atoms with Gasteiger partial charge in [0.1, 0.15) is 0 Å². The van der Waals surface area contributed by atoms with Gasteiger partial charge < -0.3 is 15.7 Å². The normalized spacial score (nSPS) is 21.4. The van der Waals surface area contributed by atoms with Crippen molar-refractivity contribution in [2.24, 2.45) is 7.05 Å². The second kappa shape index (κ2) is 4.33. The number of anilines is 2. The van der Waals surface area contributed by atoms with Crippen molar-refractivity contribution in [3.05, 3.63) is 5.69 Å². The zero-order valence-electron chi connectivity index (χ0n) is 9.98. The molecule has 1 atom stereocenters. The number of piperidine rings is 1. The molecule has 90 valence electrons. The van der Waals surface area contributed by atoms with Crippen LogP contribution in [0.5, 0.6) is 0 Å². The van der Waals surface area contributed by atoms with Crippen LogP contribution in [0.25, 0.3) is 0 Å². The molecule has 3 N–H and O–H groups in total. The molecule has 0 bridgehead atoms. The molecule has 5 nitrogen and oxygen atoms in total. The smallest absolute Gasteiger partial charge is 0.150 e. The van der Waals surface area contributed by atoms with Gasteiger partial charge in [0, 0.05) is 13.6 Å². The number of aromatic nitrogens is 2. The van der Waals surface area contributed by atoms with Crippen molar-refractivity contribution in [1.29, 1.82) is 0 Å². The van der Waals surface area contributed by atoms with Crippen molar-refractivity contribution in [3.8, 4) is 0 Å². The van der Waals surface area contributed by atoms with Crippen molar-refractivity contribution < 1.29 is 5.11 Å². The third-order valence-electron chi connectivity index (χ3n) is 3.35. The summed E-state index contributed by atoms with van der Waals surface area (Å²) in [5.74, 6) is 0.955. The van der Waals surface area contributed by atoms with Gasteiger partial charge in [-0.1, -0.05) is 0 Å². The number of nitrogens with two attached hydrogens (primary N) is 1. The summed E-state index contributed by atoms with van der Waals surface area (Å²) in [5, 5.41) is 13.7. The number of aliphatic hydroxyl groups is 1. The van der Waals surface area contributed by atoms with Crippen molar-refractivity contribution in [2.45, 2.75) is 32.2 Å². The minimum Gasteiger partial charge on any atom is -0.394 e. The van der Waals surface area contributed by atoms with Crippen LogP contribution in [0, 0.1) is 6.92 Å². The van der Waals surface area contributed by atoms with E-state index in [1.807, 2.05) is 18.7 Å². The van der Waals surface area contributed by atoms with Gasteiger partial charge in [-0.05, 0) is 26.2 Å². The van der Waals surface area contributed by atoms with Gasteiger partial charge in [0.15, 0.2) is 5.82 Å². The van der Waals surface area contributed by atoms with Gasteiger partial charge in [0.2, 0.25) is 0 Å². The Morgan fingerprint density at radius 1 is 1.50 bits per heavy atom. The van der Waals surface area contributed by atoms with E-state index in [1.54, 1.807) is 0 Å². The van der Waals surface area contributed by atoms with Crippen molar-refractivity contribution in [2.75, 3.05) is 23.8 Å². The number of hydrogen-bond donors (Lipinski definition) is 2. The highest BCUT2D eigenvalue weighted by Gasteiger charge is 2.26. The lowest BCUT2D eigenvalue weighted by molar-refractivity contribution is 0.239. The molecule has 5 heteroatoms. The second-order valence-electron chi connectivity index (χ2n) is 4.47. The summed E-state index contributed by atoms with van der Waals surface area (Å²) in [6.07, 6.45) is 3.36. The van der Waals surface area contributed by atoms with Gasteiger partial charge >= 0.3 is 0 Å². The molecule has 16 heavy (non-hydrogen) atoms. The van der Waals surface area contributed by atoms with Crippen LogP contribution in [-0.2, 0) is 7.05 Å². The lowest BCUT2D eigenvalue weighted by Gasteiger charge is -2.36. The van der Waals surface area contributed by atoms with E-state index < -0.39 is 0 Å². The largest absolute Gasteiger partial charge is 0.394 e. The summed E-state index contributed by atoms with van der Waals surface area (Å²) in [6.45, 7) is 3.05. The van der Waals surface area contributed by atoms with E-state index in [4.69, 9.17) is 5.73 Å². The summed E-state index contributed by atoms with van der Waals surface area (Å²) >= 11 is 0. The third kappa shape index (κ3) is 1.75. The quantitative estimate of drug-likeness (QED) is 0.774. The average Bonchev–Trinajstić information content (AvgIpc) is 2.53. The number of aryl methyl sites for hydroxylation is 2. The molecule has 0 aromatic carbocycles. The Hall–Kier alpha value is -1.23. The summed E-state index contributed by atoms with van der Waals surface area (Å²) < 4.78 is 1.82. The molecule has 1 aromatic rings.